The Balaban J connectivity index is 1.69. The molecule has 1 aromatic heterocycles. The molecular formula is C28H16ClN5OS. The van der Waals surface area contributed by atoms with Crippen LogP contribution in [0.15, 0.2) is 95.1 Å². The van der Waals surface area contributed by atoms with Gasteiger partial charge in [-0.1, -0.05) is 41.9 Å². The SMILES string of the molecule is N#CC1=C(C#N)C(c2ccc(C#N)cc2)c2c(CSc3ccc(Cl)cc3)nn(-c3ccccc3)c2O1. The van der Waals surface area contributed by atoms with Gasteiger partial charge in [0.1, 0.15) is 12.1 Å². The lowest BCUT2D eigenvalue weighted by molar-refractivity contribution is 0.391. The molecule has 0 amide bonds. The van der Waals surface area contributed by atoms with Gasteiger partial charge in [-0.15, -0.1) is 11.8 Å². The molecular weight excluding hydrogens is 490 g/mol. The maximum absolute atomic E-state index is 10.1. The highest BCUT2D eigenvalue weighted by Gasteiger charge is 2.38. The number of para-hydroxylation sites is 1. The molecule has 6 nitrogen and oxygen atoms in total. The molecule has 0 spiro atoms. The molecule has 1 aliphatic heterocycles. The van der Waals surface area contributed by atoms with Crippen molar-refractivity contribution in [3.8, 4) is 29.8 Å². The van der Waals surface area contributed by atoms with Crippen LogP contribution in [0, 0.1) is 34.0 Å². The van der Waals surface area contributed by atoms with Crippen molar-refractivity contribution < 1.29 is 4.74 Å². The summed E-state index contributed by atoms with van der Waals surface area (Å²) in [5.41, 5.74) is 3.71. The number of benzene rings is 3. The lowest BCUT2D eigenvalue weighted by Crippen LogP contribution is -2.17. The van der Waals surface area contributed by atoms with E-state index in [9.17, 15) is 15.8 Å². The zero-order valence-corrected chi connectivity index (χ0v) is 20.3. The number of aromatic nitrogens is 2. The Morgan fingerprint density at radius 2 is 1.61 bits per heavy atom. The summed E-state index contributed by atoms with van der Waals surface area (Å²) in [4.78, 5) is 1.02. The Morgan fingerprint density at radius 3 is 2.25 bits per heavy atom. The van der Waals surface area contributed by atoms with Crippen molar-refractivity contribution in [2.75, 3.05) is 0 Å². The Hall–Kier alpha value is -4.48. The number of fused-ring (bicyclic) bond motifs is 1. The van der Waals surface area contributed by atoms with Crippen LogP contribution in [-0.4, -0.2) is 9.78 Å². The van der Waals surface area contributed by atoms with E-state index in [-0.39, 0.29) is 11.3 Å². The first-order chi connectivity index (χ1) is 17.6. The van der Waals surface area contributed by atoms with Gasteiger partial charge in [-0.3, -0.25) is 0 Å². The third-order valence-corrected chi connectivity index (χ3v) is 7.04. The smallest absolute Gasteiger partial charge is 0.228 e. The number of rotatable bonds is 5. The highest BCUT2D eigenvalue weighted by molar-refractivity contribution is 7.98. The Kier molecular flexibility index (Phi) is 6.48. The minimum atomic E-state index is -0.570. The Morgan fingerprint density at radius 1 is 0.889 bits per heavy atom. The van der Waals surface area contributed by atoms with Gasteiger partial charge in [0.05, 0.1) is 40.1 Å². The van der Waals surface area contributed by atoms with E-state index in [1.54, 1.807) is 40.7 Å². The van der Waals surface area contributed by atoms with E-state index >= 15 is 0 Å². The first kappa shape index (κ1) is 23.3. The standard InChI is InChI=1S/C28H16ClN5OS/c29-20-10-12-22(13-11-20)36-17-24-27-26(19-8-6-18(14-30)7-9-19)23(15-31)25(16-32)35-28(27)34(33-24)21-4-2-1-3-5-21/h1-13,26H,17H2. The summed E-state index contributed by atoms with van der Waals surface area (Å²) in [6.07, 6.45) is 0. The predicted octanol–water partition coefficient (Wildman–Crippen LogP) is 6.52. The lowest BCUT2D eigenvalue weighted by atomic mass is 9.83. The van der Waals surface area contributed by atoms with E-state index < -0.39 is 5.92 Å². The normalized spacial score (nSPS) is 14.2. The Labute approximate surface area is 217 Å². The van der Waals surface area contributed by atoms with Gasteiger partial charge in [-0.25, -0.2) is 4.68 Å². The van der Waals surface area contributed by atoms with Crippen LogP contribution in [0.5, 0.6) is 5.88 Å². The van der Waals surface area contributed by atoms with Crippen LogP contribution in [0.2, 0.25) is 5.02 Å². The fourth-order valence-corrected chi connectivity index (χ4v) is 5.06. The van der Waals surface area contributed by atoms with Crippen LogP contribution >= 0.6 is 23.4 Å². The number of thioether (sulfide) groups is 1. The summed E-state index contributed by atoms with van der Waals surface area (Å²) in [6.45, 7) is 0. The molecule has 0 aliphatic carbocycles. The van der Waals surface area contributed by atoms with Crippen LogP contribution in [-0.2, 0) is 5.75 Å². The maximum atomic E-state index is 10.1. The molecule has 3 aromatic carbocycles. The van der Waals surface area contributed by atoms with Gasteiger partial charge < -0.3 is 4.74 Å². The number of allylic oxidation sites excluding steroid dienone is 2. The van der Waals surface area contributed by atoms with E-state index in [0.29, 0.717) is 22.2 Å². The summed E-state index contributed by atoms with van der Waals surface area (Å²) in [5, 5.41) is 34.7. The quantitative estimate of drug-likeness (QED) is 0.286. The number of nitrogens with zero attached hydrogens (tertiary/aromatic N) is 5. The van der Waals surface area contributed by atoms with Gasteiger partial charge in [0.25, 0.3) is 0 Å². The van der Waals surface area contributed by atoms with Crippen molar-refractivity contribution in [3.63, 3.8) is 0 Å². The van der Waals surface area contributed by atoms with Crippen LogP contribution in [0.1, 0.15) is 28.3 Å². The summed E-state index contributed by atoms with van der Waals surface area (Å²) in [6, 6.07) is 30.4. The minimum Gasteiger partial charge on any atom is -0.426 e. The molecule has 0 saturated heterocycles. The van der Waals surface area contributed by atoms with E-state index in [2.05, 4.69) is 12.1 Å². The number of hydrogen-bond donors (Lipinski definition) is 0. The van der Waals surface area contributed by atoms with Gasteiger partial charge in [-0.05, 0) is 54.1 Å². The molecule has 172 valence electrons. The van der Waals surface area contributed by atoms with Crippen LogP contribution in [0.25, 0.3) is 5.69 Å². The van der Waals surface area contributed by atoms with Crippen molar-refractivity contribution in [1.29, 1.82) is 15.8 Å². The first-order valence-corrected chi connectivity index (χ1v) is 12.3. The fraction of sp³-hybridized carbons (Fsp3) is 0.0714. The molecule has 1 atom stereocenters. The summed E-state index contributed by atoms with van der Waals surface area (Å²) >= 11 is 7.62. The van der Waals surface area contributed by atoms with E-state index in [1.165, 1.54) is 0 Å². The fourth-order valence-electron chi connectivity index (χ4n) is 4.09. The van der Waals surface area contributed by atoms with Gasteiger partial charge >= 0.3 is 0 Å². The molecule has 5 rings (SSSR count). The van der Waals surface area contributed by atoms with Gasteiger partial charge in [0.15, 0.2) is 0 Å². The topological polar surface area (TPSA) is 98.4 Å². The lowest BCUT2D eigenvalue weighted by Gasteiger charge is -2.24. The summed E-state index contributed by atoms with van der Waals surface area (Å²) < 4.78 is 7.71. The van der Waals surface area contributed by atoms with Crippen LogP contribution < -0.4 is 4.74 Å². The molecule has 36 heavy (non-hydrogen) atoms. The number of hydrogen-bond acceptors (Lipinski definition) is 6. The van der Waals surface area contributed by atoms with Crippen molar-refractivity contribution in [2.24, 2.45) is 0 Å². The average Bonchev–Trinajstić information content (AvgIpc) is 3.30. The number of nitriles is 3. The summed E-state index contributed by atoms with van der Waals surface area (Å²) in [7, 11) is 0. The van der Waals surface area contributed by atoms with Crippen molar-refractivity contribution in [3.05, 3.63) is 118 Å². The second-order valence-electron chi connectivity index (χ2n) is 7.89. The predicted molar refractivity (Wildman–Crippen MR) is 136 cm³/mol. The average molecular weight is 506 g/mol. The van der Waals surface area contributed by atoms with E-state index in [4.69, 9.17) is 21.4 Å². The van der Waals surface area contributed by atoms with Crippen LogP contribution in [0.4, 0.5) is 0 Å². The Bertz CT molecular complexity index is 1590. The van der Waals surface area contributed by atoms with Gasteiger partial charge in [0, 0.05) is 15.7 Å². The van der Waals surface area contributed by atoms with Crippen molar-refractivity contribution in [1.82, 2.24) is 9.78 Å². The largest absolute Gasteiger partial charge is 0.426 e. The van der Waals surface area contributed by atoms with E-state index in [0.717, 1.165) is 27.4 Å². The second kappa shape index (κ2) is 10.0. The molecule has 0 fully saturated rings. The summed E-state index contributed by atoms with van der Waals surface area (Å²) in [5.74, 6) is 0.270. The molecule has 0 bridgehead atoms. The zero-order valence-electron chi connectivity index (χ0n) is 18.7. The number of ether oxygens (including phenoxy) is 1. The minimum absolute atomic E-state index is 0.0617. The number of halogens is 1. The molecule has 4 aromatic rings. The highest BCUT2D eigenvalue weighted by atomic mass is 35.5. The van der Waals surface area contributed by atoms with E-state index in [1.807, 2.05) is 60.7 Å². The third kappa shape index (κ3) is 4.32. The second-order valence-corrected chi connectivity index (χ2v) is 9.38. The zero-order chi connectivity index (χ0) is 25.1. The molecule has 1 unspecified atom stereocenters. The molecule has 1 aliphatic rings. The molecule has 8 heteroatoms. The molecule has 0 N–H and O–H groups in total. The first-order valence-electron chi connectivity index (χ1n) is 10.9. The third-order valence-electron chi connectivity index (χ3n) is 5.76. The van der Waals surface area contributed by atoms with Gasteiger partial charge in [0.2, 0.25) is 11.6 Å². The maximum Gasteiger partial charge on any atom is 0.228 e. The van der Waals surface area contributed by atoms with Crippen LogP contribution in [0.3, 0.4) is 0 Å². The highest BCUT2D eigenvalue weighted by Crippen LogP contribution is 2.46. The monoisotopic (exact) mass is 505 g/mol. The van der Waals surface area contributed by atoms with Crippen molar-refractivity contribution in [2.45, 2.75) is 16.6 Å². The van der Waals surface area contributed by atoms with Gasteiger partial charge in [-0.2, -0.15) is 20.9 Å². The molecule has 0 saturated carbocycles. The molecule has 2 heterocycles. The molecule has 0 radical (unpaired) electrons. The van der Waals surface area contributed by atoms with Crippen molar-refractivity contribution >= 4 is 23.4 Å².